The number of halogens is 1. The molecule has 2 rings (SSSR count). The minimum Gasteiger partial charge on any atom is -0.298 e. The lowest BCUT2D eigenvalue weighted by Gasteiger charge is -2.07. The second kappa shape index (κ2) is 5.31. The summed E-state index contributed by atoms with van der Waals surface area (Å²) in [5, 5.41) is 0.695. The molecule has 1 heterocycles. The molecule has 0 N–H and O–H groups in total. The number of aromatic nitrogens is 1. The molecular formula is C14H12FNOS. The highest BCUT2D eigenvalue weighted by Gasteiger charge is 2.10. The summed E-state index contributed by atoms with van der Waals surface area (Å²) in [6.07, 6.45) is 0.661. The third-order valence-corrected chi connectivity index (χ3v) is 3.46. The smallest absolute Gasteiger partial charge is 0.151 e. The van der Waals surface area contributed by atoms with Crippen LogP contribution in [0.3, 0.4) is 0 Å². The van der Waals surface area contributed by atoms with Crippen LogP contribution in [0.25, 0.3) is 0 Å². The van der Waals surface area contributed by atoms with Gasteiger partial charge in [0.25, 0.3) is 0 Å². The first-order valence-corrected chi connectivity index (χ1v) is 6.28. The Balaban J connectivity index is 2.42. The molecule has 0 saturated carbocycles. The lowest BCUT2D eigenvalue weighted by molar-refractivity contribution is 0.112. The molecule has 0 aliphatic rings. The number of aldehydes is 1. The van der Waals surface area contributed by atoms with E-state index in [1.54, 1.807) is 6.07 Å². The van der Waals surface area contributed by atoms with Crippen molar-refractivity contribution < 1.29 is 9.18 Å². The van der Waals surface area contributed by atoms with E-state index in [4.69, 9.17) is 0 Å². The lowest BCUT2D eigenvalue weighted by Crippen LogP contribution is -1.92. The molecule has 1 aromatic heterocycles. The van der Waals surface area contributed by atoms with E-state index in [9.17, 15) is 9.18 Å². The van der Waals surface area contributed by atoms with Crippen LogP contribution >= 0.6 is 11.8 Å². The maximum atomic E-state index is 13.7. The van der Waals surface area contributed by atoms with Crippen LogP contribution in [0, 0.1) is 19.7 Å². The molecule has 0 atom stereocenters. The second-order valence-corrected chi connectivity index (χ2v) is 5.03. The van der Waals surface area contributed by atoms with Crippen LogP contribution < -0.4 is 0 Å². The molecule has 0 saturated heterocycles. The third-order valence-electron chi connectivity index (χ3n) is 2.41. The van der Waals surface area contributed by atoms with Gasteiger partial charge in [-0.3, -0.25) is 4.79 Å². The minimum absolute atomic E-state index is 0.324. The zero-order valence-corrected chi connectivity index (χ0v) is 10.9. The Morgan fingerprint density at radius 2 is 2.06 bits per heavy atom. The van der Waals surface area contributed by atoms with Crippen molar-refractivity contribution in [1.82, 2.24) is 4.98 Å². The number of pyridine rings is 1. The number of carbonyl (C=O) groups excluding carboxylic acids is 1. The maximum Gasteiger partial charge on any atom is 0.151 e. The Bertz CT molecular complexity index is 578. The van der Waals surface area contributed by atoms with Crippen LogP contribution in [0.2, 0.25) is 0 Å². The van der Waals surface area contributed by atoms with E-state index in [-0.39, 0.29) is 0 Å². The van der Waals surface area contributed by atoms with Gasteiger partial charge >= 0.3 is 0 Å². The number of aryl methyl sites for hydroxylation is 2. The van der Waals surface area contributed by atoms with Gasteiger partial charge in [-0.1, -0.05) is 23.9 Å². The van der Waals surface area contributed by atoms with E-state index < -0.39 is 5.82 Å². The van der Waals surface area contributed by atoms with Crippen molar-refractivity contribution in [2.45, 2.75) is 23.8 Å². The van der Waals surface area contributed by atoms with Crippen molar-refractivity contribution in [3.05, 3.63) is 53.0 Å². The van der Waals surface area contributed by atoms with E-state index in [1.807, 2.05) is 26.0 Å². The first-order chi connectivity index (χ1) is 8.60. The maximum absolute atomic E-state index is 13.7. The molecule has 92 valence electrons. The molecule has 0 amide bonds. The van der Waals surface area contributed by atoms with Crippen molar-refractivity contribution in [3.63, 3.8) is 0 Å². The summed E-state index contributed by atoms with van der Waals surface area (Å²) in [6.45, 7) is 3.85. The fraction of sp³-hybridized carbons (Fsp3) is 0.143. The molecule has 18 heavy (non-hydrogen) atoms. The van der Waals surface area contributed by atoms with E-state index in [2.05, 4.69) is 4.98 Å². The summed E-state index contributed by atoms with van der Waals surface area (Å²) in [6, 6.07) is 8.29. The van der Waals surface area contributed by atoms with Gasteiger partial charge in [0, 0.05) is 11.3 Å². The molecule has 4 heteroatoms. The lowest BCUT2D eigenvalue weighted by atomic mass is 10.2. The van der Waals surface area contributed by atoms with Gasteiger partial charge in [0.05, 0.1) is 4.90 Å². The number of rotatable bonds is 3. The number of benzene rings is 1. The summed E-state index contributed by atoms with van der Waals surface area (Å²) in [4.78, 5) is 15.6. The van der Waals surface area contributed by atoms with E-state index in [1.165, 1.54) is 23.9 Å². The monoisotopic (exact) mass is 261 g/mol. The normalized spacial score (nSPS) is 10.4. The van der Waals surface area contributed by atoms with Gasteiger partial charge < -0.3 is 0 Å². The third kappa shape index (κ3) is 2.76. The van der Waals surface area contributed by atoms with Crippen LogP contribution in [0.5, 0.6) is 0 Å². The fourth-order valence-corrected chi connectivity index (χ4v) is 2.73. The molecule has 2 nitrogen and oxygen atoms in total. The van der Waals surface area contributed by atoms with Crippen molar-refractivity contribution in [1.29, 1.82) is 0 Å². The summed E-state index contributed by atoms with van der Waals surface area (Å²) in [5.74, 6) is -0.398. The zero-order valence-electron chi connectivity index (χ0n) is 10.1. The highest BCUT2D eigenvalue weighted by atomic mass is 32.2. The predicted octanol–water partition coefficient (Wildman–Crippen LogP) is 3.80. The van der Waals surface area contributed by atoms with Gasteiger partial charge in [-0.15, -0.1) is 0 Å². The minimum atomic E-state index is -0.398. The quantitative estimate of drug-likeness (QED) is 0.787. The number of carbonyl (C=O) groups is 1. The van der Waals surface area contributed by atoms with Gasteiger partial charge in [-0.05, 0) is 37.6 Å². The van der Waals surface area contributed by atoms with Crippen molar-refractivity contribution in [2.75, 3.05) is 0 Å². The number of nitrogens with zero attached hydrogens (tertiary/aromatic N) is 1. The zero-order chi connectivity index (χ0) is 13.1. The average Bonchev–Trinajstić information content (AvgIpc) is 2.30. The van der Waals surface area contributed by atoms with E-state index in [0.717, 1.165) is 11.3 Å². The van der Waals surface area contributed by atoms with Gasteiger partial charge in [0.2, 0.25) is 0 Å². The average molecular weight is 261 g/mol. The Kier molecular flexibility index (Phi) is 3.77. The molecule has 2 aromatic rings. The molecule has 0 aliphatic carbocycles. The molecule has 0 unspecified atom stereocenters. The summed E-state index contributed by atoms with van der Waals surface area (Å²) < 4.78 is 13.7. The Morgan fingerprint density at radius 1 is 1.28 bits per heavy atom. The molecule has 0 radical (unpaired) electrons. The number of hydrogen-bond acceptors (Lipinski definition) is 3. The number of hydrogen-bond donors (Lipinski definition) is 0. The fourth-order valence-electron chi connectivity index (χ4n) is 1.69. The van der Waals surface area contributed by atoms with Crippen LogP contribution in [0.1, 0.15) is 21.6 Å². The largest absolute Gasteiger partial charge is 0.298 e. The van der Waals surface area contributed by atoms with Crippen LogP contribution in [0.15, 0.2) is 40.3 Å². The van der Waals surface area contributed by atoms with Gasteiger partial charge in [0.1, 0.15) is 10.8 Å². The molecule has 0 spiro atoms. The summed E-state index contributed by atoms with van der Waals surface area (Å²) >= 11 is 1.18. The Morgan fingerprint density at radius 3 is 2.72 bits per heavy atom. The first-order valence-electron chi connectivity index (χ1n) is 5.47. The van der Waals surface area contributed by atoms with Gasteiger partial charge in [-0.2, -0.15) is 0 Å². The highest BCUT2D eigenvalue weighted by Crippen LogP contribution is 2.31. The second-order valence-electron chi connectivity index (χ2n) is 4.00. The topological polar surface area (TPSA) is 30.0 Å². The highest BCUT2D eigenvalue weighted by molar-refractivity contribution is 7.99. The predicted molar refractivity (Wildman–Crippen MR) is 69.6 cm³/mol. The molecule has 0 bridgehead atoms. The summed E-state index contributed by atoms with van der Waals surface area (Å²) in [5.41, 5.74) is 2.29. The first kappa shape index (κ1) is 12.8. The molecule has 0 fully saturated rings. The van der Waals surface area contributed by atoms with E-state index in [0.29, 0.717) is 21.8 Å². The van der Waals surface area contributed by atoms with Gasteiger partial charge in [0.15, 0.2) is 6.29 Å². The Hall–Kier alpha value is -1.68. The van der Waals surface area contributed by atoms with Crippen LogP contribution in [-0.4, -0.2) is 11.3 Å². The molecule has 1 aromatic carbocycles. The standard InChI is InChI=1S/C14H12FNOS/c1-9-6-10(2)16-13(7-9)18-14-11(8-17)4-3-5-12(14)15/h3-8H,1-2H3. The molecule has 0 aliphatic heterocycles. The van der Waals surface area contributed by atoms with Crippen molar-refractivity contribution >= 4 is 18.0 Å². The van der Waals surface area contributed by atoms with Crippen molar-refractivity contribution in [3.8, 4) is 0 Å². The van der Waals surface area contributed by atoms with E-state index >= 15 is 0 Å². The van der Waals surface area contributed by atoms with Crippen molar-refractivity contribution in [2.24, 2.45) is 0 Å². The Labute approximate surface area is 109 Å². The van der Waals surface area contributed by atoms with Crippen LogP contribution in [0.4, 0.5) is 4.39 Å². The summed E-state index contributed by atoms with van der Waals surface area (Å²) in [7, 11) is 0. The van der Waals surface area contributed by atoms with Crippen LogP contribution in [-0.2, 0) is 0 Å². The van der Waals surface area contributed by atoms with Gasteiger partial charge in [-0.25, -0.2) is 9.37 Å². The molecular weight excluding hydrogens is 249 g/mol. The SMILES string of the molecule is Cc1cc(C)nc(Sc2c(F)cccc2C=O)c1.